The number of rotatable bonds is 4. The van der Waals surface area contributed by atoms with Crippen LogP contribution in [-0.4, -0.2) is 18.0 Å². The van der Waals surface area contributed by atoms with Crippen molar-refractivity contribution in [3.8, 4) is 5.75 Å². The molecule has 0 radical (unpaired) electrons. The van der Waals surface area contributed by atoms with Crippen LogP contribution < -0.4 is 10.1 Å². The molecular formula is C16H14N2O3. The van der Waals surface area contributed by atoms with Gasteiger partial charge in [0.2, 0.25) is 5.89 Å². The number of ether oxygens (including phenoxy) is 1. The molecule has 0 unspecified atom stereocenters. The lowest BCUT2D eigenvalue weighted by molar-refractivity contribution is 0.0944. The minimum absolute atomic E-state index is 0.227. The standard InChI is InChI=1S/C16H14N2O3/c1-20-13-8-4-2-6-11(13)16(19)17-10-15-18-12-7-3-5-9-14(12)21-15/h2-9H,10H2,1H3,(H,17,19). The fourth-order valence-corrected chi connectivity index (χ4v) is 2.08. The van der Waals surface area contributed by atoms with Crippen molar-refractivity contribution in [1.29, 1.82) is 0 Å². The molecular weight excluding hydrogens is 268 g/mol. The van der Waals surface area contributed by atoms with E-state index in [1.165, 1.54) is 7.11 Å². The van der Waals surface area contributed by atoms with Crippen LogP contribution in [-0.2, 0) is 6.54 Å². The molecule has 2 aromatic carbocycles. The van der Waals surface area contributed by atoms with E-state index in [9.17, 15) is 4.79 Å². The molecule has 1 heterocycles. The van der Waals surface area contributed by atoms with Gasteiger partial charge in [0.05, 0.1) is 19.2 Å². The van der Waals surface area contributed by atoms with Gasteiger partial charge in [-0.15, -0.1) is 0 Å². The summed E-state index contributed by atoms with van der Waals surface area (Å²) < 4.78 is 10.7. The summed E-state index contributed by atoms with van der Waals surface area (Å²) in [6.45, 7) is 0.228. The third kappa shape index (κ3) is 2.72. The summed E-state index contributed by atoms with van der Waals surface area (Å²) in [6, 6.07) is 14.5. The Hall–Kier alpha value is -2.82. The van der Waals surface area contributed by atoms with Gasteiger partial charge >= 0.3 is 0 Å². The van der Waals surface area contributed by atoms with E-state index in [4.69, 9.17) is 9.15 Å². The fraction of sp³-hybridized carbons (Fsp3) is 0.125. The number of fused-ring (bicyclic) bond motifs is 1. The maximum Gasteiger partial charge on any atom is 0.255 e. The predicted molar refractivity (Wildman–Crippen MR) is 78.2 cm³/mol. The number of carbonyl (C=O) groups excluding carboxylic acids is 1. The molecule has 0 spiro atoms. The molecule has 0 fully saturated rings. The third-order valence-corrected chi connectivity index (χ3v) is 3.09. The van der Waals surface area contributed by atoms with Gasteiger partial charge < -0.3 is 14.5 Å². The fourth-order valence-electron chi connectivity index (χ4n) is 2.08. The number of nitrogens with zero attached hydrogens (tertiary/aromatic N) is 1. The van der Waals surface area contributed by atoms with Gasteiger partial charge in [-0.3, -0.25) is 4.79 Å². The molecule has 1 amide bonds. The molecule has 0 saturated heterocycles. The Morgan fingerprint density at radius 2 is 1.95 bits per heavy atom. The number of amides is 1. The average molecular weight is 282 g/mol. The number of para-hydroxylation sites is 3. The normalized spacial score (nSPS) is 10.5. The molecule has 5 heteroatoms. The summed E-state index contributed by atoms with van der Waals surface area (Å²) in [5.74, 6) is 0.779. The zero-order valence-electron chi connectivity index (χ0n) is 11.5. The van der Waals surface area contributed by atoms with Crippen LogP contribution in [0.1, 0.15) is 16.2 Å². The van der Waals surface area contributed by atoms with Crippen molar-refractivity contribution in [2.45, 2.75) is 6.54 Å². The molecule has 0 atom stereocenters. The Bertz CT molecular complexity index is 747. The topological polar surface area (TPSA) is 64.4 Å². The lowest BCUT2D eigenvalue weighted by Gasteiger charge is -2.07. The van der Waals surface area contributed by atoms with Gasteiger partial charge in [0.25, 0.3) is 5.91 Å². The highest BCUT2D eigenvalue weighted by molar-refractivity contribution is 5.96. The summed E-state index contributed by atoms with van der Waals surface area (Å²) in [6.07, 6.45) is 0. The van der Waals surface area contributed by atoms with Crippen molar-refractivity contribution in [2.75, 3.05) is 7.11 Å². The molecule has 1 aromatic heterocycles. The van der Waals surface area contributed by atoms with Gasteiger partial charge in [0.15, 0.2) is 5.58 Å². The summed E-state index contributed by atoms with van der Waals surface area (Å²) in [7, 11) is 1.53. The molecule has 0 aliphatic heterocycles. The minimum atomic E-state index is -0.227. The Labute approximate surface area is 121 Å². The molecule has 106 valence electrons. The van der Waals surface area contributed by atoms with Gasteiger partial charge in [-0.2, -0.15) is 0 Å². The Balaban J connectivity index is 1.73. The van der Waals surface area contributed by atoms with E-state index in [-0.39, 0.29) is 12.5 Å². The maximum absolute atomic E-state index is 12.2. The van der Waals surface area contributed by atoms with E-state index in [1.807, 2.05) is 30.3 Å². The second-order valence-corrected chi connectivity index (χ2v) is 4.46. The van der Waals surface area contributed by atoms with Gasteiger partial charge in [-0.25, -0.2) is 4.98 Å². The van der Waals surface area contributed by atoms with Crippen molar-refractivity contribution in [1.82, 2.24) is 10.3 Å². The molecule has 3 aromatic rings. The Kier molecular flexibility index (Phi) is 3.55. The molecule has 3 rings (SSSR count). The Morgan fingerprint density at radius 1 is 1.19 bits per heavy atom. The summed E-state index contributed by atoms with van der Waals surface area (Å²) in [5, 5.41) is 2.78. The van der Waals surface area contributed by atoms with Crippen LogP contribution in [0.15, 0.2) is 52.9 Å². The van der Waals surface area contributed by atoms with E-state index in [0.717, 1.165) is 5.52 Å². The number of benzene rings is 2. The first-order valence-corrected chi connectivity index (χ1v) is 6.53. The predicted octanol–water partition coefficient (Wildman–Crippen LogP) is 2.77. The number of aromatic nitrogens is 1. The molecule has 0 aliphatic carbocycles. The molecule has 0 saturated carbocycles. The Morgan fingerprint density at radius 3 is 2.76 bits per heavy atom. The van der Waals surface area contributed by atoms with Crippen LogP contribution in [0.25, 0.3) is 11.1 Å². The van der Waals surface area contributed by atoms with Crippen molar-refractivity contribution in [2.24, 2.45) is 0 Å². The van der Waals surface area contributed by atoms with Crippen LogP contribution in [0, 0.1) is 0 Å². The van der Waals surface area contributed by atoms with E-state index in [0.29, 0.717) is 22.8 Å². The van der Waals surface area contributed by atoms with Crippen molar-refractivity contribution in [3.05, 3.63) is 60.0 Å². The largest absolute Gasteiger partial charge is 0.496 e. The van der Waals surface area contributed by atoms with E-state index >= 15 is 0 Å². The van der Waals surface area contributed by atoms with Crippen molar-refractivity contribution >= 4 is 17.0 Å². The van der Waals surface area contributed by atoms with Crippen LogP contribution in [0.4, 0.5) is 0 Å². The highest BCUT2D eigenvalue weighted by atomic mass is 16.5. The van der Waals surface area contributed by atoms with Crippen molar-refractivity contribution in [3.63, 3.8) is 0 Å². The second-order valence-electron chi connectivity index (χ2n) is 4.46. The zero-order chi connectivity index (χ0) is 14.7. The second kappa shape index (κ2) is 5.66. The van der Waals surface area contributed by atoms with E-state index in [2.05, 4.69) is 10.3 Å². The first-order valence-electron chi connectivity index (χ1n) is 6.53. The van der Waals surface area contributed by atoms with E-state index in [1.54, 1.807) is 18.2 Å². The zero-order valence-corrected chi connectivity index (χ0v) is 11.5. The summed E-state index contributed by atoms with van der Waals surface area (Å²) in [5.41, 5.74) is 1.97. The number of methoxy groups -OCH3 is 1. The quantitative estimate of drug-likeness (QED) is 0.799. The number of hydrogen-bond acceptors (Lipinski definition) is 4. The van der Waals surface area contributed by atoms with Crippen LogP contribution in [0.3, 0.4) is 0 Å². The first kappa shape index (κ1) is 13.2. The number of carbonyl (C=O) groups is 1. The van der Waals surface area contributed by atoms with Crippen LogP contribution in [0.2, 0.25) is 0 Å². The molecule has 1 N–H and O–H groups in total. The lowest BCUT2D eigenvalue weighted by Crippen LogP contribution is -2.23. The third-order valence-electron chi connectivity index (χ3n) is 3.09. The number of oxazole rings is 1. The average Bonchev–Trinajstić information content (AvgIpc) is 2.95. The maximum atomic E-state index is 12.2. The summed E-state index contributed by atoms with van der Waals surface area (Å²) in [4.78, 5) is 16.5. The molecule has 0 aliphatic rings. The molecule has 5 nitrogen and oxygen atoms in total. The minimum Gasteiger partial charge on any atom is -0.496 e. The van der Waals surface area contributed by atoms with Gasteiger partial charge in [0, 0.05) is 0 Å². The molecule has 21 heavy (non-hydrogen) atoms. The monoisotopic (exact) mass is 282 g/mol. The lowest BCUT2D eigenvalue weighted by atomic mass is 10.2. The van der Waals surface area contributed by atoms with Crippen molar-refractivity contribution < 1.29 is 13.9 Å². The van der Waals surface area contributed by atoms with Crippen LogP contribution in [0.5, 0.6) is 5.75 Å². The smallest absolute Gasteiger partial charge is 0.255 e. The highest BCUT2D eigenvalue weighted by Gasteiger charge is 2.12. The molecule has 0 bridgehead atoms. The number of nitrogens with one attached hydrogen (secondary N) is 1. The number of hydrogen-bond donors (Lipinski definition) is 1. The van der Waals surface area contributed by atoms with Gasteiger partial charge in [-0.1, -0.05) is 24.3 Å². The van der Waals surface area contributed by atoms with Gasteiger partial charge in [0.1, 0.15) is 11.3 Å². The highest BCUT2D eigenvalue weighted by Crippen LogP contribution is 2.18. The first-order chi connectivity index (χ1) is 10.3. The summed E-state index contributed by atoms with van der Waals surface area (Å²) >= 11 is 0. The van der Waals surface area contributed by atoms with Crippen LogP contribution >= 0.6 is 0 Å². The van der Waals surface area contributed by atoms with E-state index < -0.39 is 0 Å². The van der Waals surface area contributed by atoms with Gasteiger partial charge in [-0.05, 0) is 24.3 Å². The SMILES string of the molecule is COc1ccccc1C(=O)NCc1nc2ccccc2o1.